The molecular weight excluding hydrogens is 206 g/mol. The number of aromatic carboxylic acids is 1. The number of nitrogens with one attached hydrogen (secondary N) is 1. The first-order valence-corrected chi connectivity index (χ1v) is 5.34. The zero-order valence-electron chi connectivity index (χ0n) is 8.94. The second-order valence-electron chi connectivity index (χ2n) is 4.33. The lowest BCUT2D eigenvalue weighted by molar-refractivity contribution is 0.0614. The first kappa shape index (κ1) is 11.1. The lowest BCUT2D eigenvalue weighted by Gasteiger charge is -2.21. The fraction of sp³-hybridized carbons (Fsp3) is 0.417. The van der Waals surface area contributed by atoms with Gasteiger partial charge in [0.2, 0.25) is 0 Å². The van der Waals surface area contributed by atoms with Crippen molar-refractivity contribution in [2.24, 2.45) is 0 Å². The molecule has 86 valence electrons. The maximum atomic E-state index is 10.8. The third-order valence-corrected chi connectivity index (χ3v) is 2.93. The fourth-order valence-electron chi connectivity index (χ4n) is 2.08. The Morgan fingerprint density at radius 2 is 2.31 bits per heavy atom. The number of hydrogen-bond acceptors (Lipinski definition) is 3. The molecule has 1 aliphatic heterocycles. The number of carboxylic acid groups (broad SMARTS) is 1. The Bertz CT molecular complexity index is 397. The summed E-state index contributed by atoms with van der Waals surface area (Å²) in [5, 5.41) is 22.1. The second-order valence-corrected chi connectivity index (χ2v) is 4.33. The molecule has 4 nitrogen and oxygen atoms in total. The minimum atomic E-state index is -0.932. The smallest absolute Gasteiger partial charge is 0.335 e. The molecule has 1 atom stereocenters. The van der Waals surface area contributed by atoms with Crippen molar-refractivity contribution in [1.29, 1.82) is 0 Å². The molecule has 0 aliphatic carbocycles. The number of rotatable bonds is 3. The monoisotopic (exact) mass is 221 g/mol. The van der Waals surface area contributed by atoms with Gasteiger partial charge in [-0.2, -0.15) is 0 Å². The van der Waals surface area contributed by atoms with Crippen LogP contribution in [0, 0.1) is 0 Å². The molecule has 0 amide bonds. The molecule has 1 fully saturated rings. The molecule has 1 saturated heterocycles. The van der Waals surface area contributed by atoms with Gasteiger partial charge >= 0.3 is 5.97 Å². The molecule has 3 N–H and O–H groups in total. The van der Waals surface area contributed by atoms with Crippen molar-refractivity contribution in [2.45, 2.75) is 18.4 Å². The Kier molecular flexibility index (Phi) is 2.94. The molecule has 1 heterocycles. The molecule has 0 radical (unpaired) electrons. The van der Waals surface area contributed by atoms with E-state index in [1.54, 1.807) is 18.2 Å². The van der Waals surface area contributed by atoms with Gasteiger partial charge in [0.1, 0.15) is 0 Å². The van der Waals surface area contributed by atoms with E-state index < -0.39 is 11.6 Å². The Balaban J connectivity index is 2.15. The van der Waals surface area contributed by atoms with Crippen molar-refractivity contribution < 1.29 is 15.0 Å². The van der Waals surface area contributed by atoms with E-state index >= 15 is 0 Å². The molecule has 4 heteroatoms. The molecule has 0 aromatic heterocycles. The average Bonchev–Trinajstić information content (AvgIpc) is 2.65. The molecule has 2 rings (SSSR count). The van der Waals surface area contributed by atoms with Crippen LogP contribution in [0.4, 0.5) is 0 Å². The molecule has 1 aliphatic rings. The molecule has 16 heavy (non-hydrogen) atoms. The summed E-state index contributed by atoms with van der Waals surface area (Å²) >= 11 is 0. The van der Waals surface area contributed by atoms with Gasteiger partial charge in [-0.05, 0) is 30.7 Å². The zero-order valence-corrected chi connectivity index (χ0v) is 8.94. The van der Waals surface area contributed by atoms with Gasteiger partial charge in [-0.1, -0.05) is 12.1 Å². The number of β-amino-alcohol motifs (C(OH)–C–C–N with tert-alkyl or cyclic N) is 1. The summed E-state index contributed by atoms with van der Waals surface area (Å²) in [6.07, 6.45) is 1.21. The van der Waals surface area contributed by atoms with Gasteiger partial charge in [0.05, 0.1) is 11.2 Å². The lowest BCUT2D eigenvalue weighted by atomic mass is 9.93. The van der Waals surface area contributed by atoms with E-state index in [4.69, 9.17) is 5.11 Å². The molecule has 1 unspecified atom stereocenters. The Morgan fingerprint density at radius 3 is 2.94 bits per heavy atom. The number of carboxylic acids is 1. The van der Waals surface area contributed by atoms with Gasteiger partial charge in [0, 0.05) is 13.0 Å². The molecule has 0 saturated carbocycles. The Labute approximate surface area is 93.9 Å². The largest absolute Gasteiger partial charge is 0.478 e. The van der Waals surface area contributed by atoms with Gasteiger partial charge < -0.3 is 15.5 Å². The standard InChI is InChI=1S/C12H15NO3/c14-11(15)10-3-1-2-9(6-10)7-12(16)4-5-13-8-12/h1-3,6,13,16H,4-5,7-8H2,(H,14,15). The number of hydrogen-bond donors (Lipinski definition) is 3. The Hall–Kier alpha value is -1.39. The highest BCUT2D eigenvalue weighted by atomic mass is 16.4. The molecule has 0 bridgehead atoms. The first-order chi connectivity index (χ1) is 7.59. The molecule has 1 aromatic carbocycles. The van der Waals surface area contributed by atoms with E-state index in [0.717, 1.165) is 12.1 Å². The summed E-state index contributed by atoms with van der Waals surface area (Å²) in [4.78, 5) is 10.8. The second kappa shape index (κ2) is 4.23. The summed E-state index contributed by atoms with van der Waals surface area (Å²) < 4.78 is 0. The van der Waals surface area contributed by atoms with Crippen LogP contribution in [0.25, 0.3) is 0 Å². The maximum Gasteiger partial charge on any atom is 0.335 e. The summed E-state index contributed by atoms with van der Waals surface area (Å²) in [7, 11) is 0. The van der Waals surface area contributed by atoms with Crippen molar-refractivity contribution in [3.63, 3.8) is 0 Å². The highest BCUT2D eigenvalue weighted by molar-refractivity contribution is 5.87. The molecule has 1 aromatic rings. The zero-order chi connectivity index (χ0) is 11.6. The summed E-state index contributed by atoms with van der Waals surface area (Å²) in [5.41, 5.74) is 0.412. The van der Waals surface area contributed by atoms with E-state index in [1.165, 1.54) is 0 Å². The highest BCUT2D eigenvalue weighted by Gasteiger charge is 2.31. The normalized spacial score (nSPS) is 24.6. The van der Waals surface area contributed by atoms with E-state index in [9.17, 15) is 9.90 Å². The van der Waals surface area contributed by atoms with Gasteiger partial charge in [0.15, 0.2) is 0 Å². The predicted molar refractivity (Wildman–Crippen MR) is 59.5 cm³/mol. The first-order valence-electron chi connectivity index (χ1n) is 5.34. The minimum absolute atomic E-state index is 0.270. The number of aliphatic hydroxyl groups is 1. The Morgan fingerprint density at radius 1 is 1.50 bits per heavy atom. The van der Waals surface area contributed by atoms with E-state index in [0.29, 0.717) is 19.4 Å². The van der Waals surface area contributed by atoms with Gasteiger partial charge in [-0.15, -0.1) is 0 Å². The van der Waals surface area contributed by atoms with Crippen molar-refractivity contribution in [3.05, 3.63) is 35.4 Å². The van der Waals surface area contributed by atoms with Crippen LogP contribution in [-0.2, 0) is 6.42 Å². The quantitative estimate of drug-likeness (QED) is 0.701. The van der Waals surface area contributed by atoms with Crippen LogP contribution in [0.15, 0.2) is 24.3 Å². The van der Waals surface area contributed by atoms with Gasteiger partial charge in [0.25, 0.3) is 0 Å². The van der Waals surface area contributed by atoms with Crippen LogP contribution < -0.4 is 5.32 Å². The van der Waals surface area contributed by atoms with E-state index in [2.05, 4.69) is 5.32 Å². The van der Waals surface area contributed by atoms with Crippen molar-refractivity contribution in [2.75, 3.05) is 13.1 Å². The lowest BCUT2D eigenvalue weighted by Crippen LogP contribution is -2.33. The highest BCUT2D eigenvalue weighted by Crippen LogP contribution is 2.20. The summed E-state index contributed by atoms with van der Waals surface area (Å²) in [6, 6.07) is 6.74. The number of carbonyl (C=O) groups is 1. The van der Waals surface area contributed by atoms with Crippen LogP contribution >= 0.6 is 0 Å². The SMILES string of the molecule is O=C(O)c1cccc(CC2(O)CCNC2)c1. The van der Waals surface area contributed by atoms with Crippen LogP contribution in [0.5, 0.6) is 0 Å². The van der Waals surface area contributed by atoms with Crippen molar-refractivity contribution >= 4 is 5.97 Å². The third kappa shape index (κ3) is 2.40. The van der Waals surface area contributed by atoms with E-state index in [1.807, 2.05) is 6.07 Å². The van der Waals surface area contributed by atoms with Crippen LogP contribution in [-0.4, -0.2) is 34.9 Å². The van der Waals surface area contributed by atoms with Crippen LogP contribution in [0.2, 0.25) is 0 Å². The van der Waals surface area contributed by atoms with Crippen LogP contribution in [0.3, 0.4) is 0 Å². The van der Waals surface area contributed by atoms with Crippen molar-refractivity contribution in [3.8, 4) is 0 Å². The molecule has 0 spiro atoms. The summed E-state index contributed by atoms with van der Waals surface area (Å²) in [6.45, 7) is 1.39. The minimum Gasteiger partial charge on any atom is -0.478 e. The van der Waals surface area contributed by atoms with Gasteiger partial charge in [-0.25, -0.2) is 4.79 Å². The van der Waals surface area contributed by atoms with Crippen LogP contribution in [0.1, 0.15) is 22.3 Å². The molecular formula is C12H15NO3. The average molecular weight is 221 g/mol. The number of benzene rings is 1. The van der Waals surface area contributed by atoms with Gasteiger partial charge in [-0.3, -0.25) is 0 Å². The third-order valence-electron chi connectivity index (χ3n) is 2.93. The topological polar surface area (TPSA) is 69.6 Å². The van der Waals surface area contributed by atoms with Crippen molar-refractivity contribution in [1.82, 2.24) is 5.32 Å². The predicted octanol–water partition coefficient (Wildman–Crippen LogP) is 0.652. The summed E-state index contributed by atoms with van der Waals surface area (Å²) in [5.74, 6) is -0.932. The van der Waals surface area contributed by atoms with E-state index in [-0.39, 0.29) is 5.56 Å². The maximum absolute atomic E-state index is 10.8. The fourth-order valence-corrected chi connectivity index (χ4v) is 2.08.